The Morgan fingerprint density at radius 1 is 0.655 bits per heavy atom. The number of phenols is 1. The first-order valence-electron chi connectivity index (χ1n) is 9.92. The van der Waals surface area contributed by atoms with E-state index in [0.29, 0.717) is 5.75 Å². The van der Waals surface area contributed by atoms with Gasteiger partial charge in [0, 0.05) is 18.8 Å². The van der Waals surface area contributed by atoms with Gasteiger partial charge < -0.3 is 10.0 Å². The van der Waals surface area contributed by atoms with Gasteiger partial charge in [0.15, 0.2) is 0 Å². The number of aryl methyl sites for hydroxylation is 1. The molecule has 0 radical (unpaired) electrons. The van der Waals surface area contributed by atoms with Crippen LogP contribution in [0.1, 0.15) is 16.7 Å². The summed E-state index contributed by atoms with van der Waals surface area (Å²) in [5.41, 5.74) is 7.16. The van der Waals surface area contributed by atoms with Gasteiger partial charge in [-0.2, -0.15) is 0 Å². The van der Waals surface area contributed by atoms with Crippen LogP contribution in [0, 0.1) is 6.92 Å². The summed E-state index contributed by atoms with van der Waals surface area (Å²) >= 11 is 0. The number of nitrogens with zero attached hydrogens (tertiary/aromatic N) is 1. The second-order valence-corrected chi connectivity index (χ2v) is 7.37. The Labute approximate surface area is 172 Å². The highest BCUT2D eigenvalue weighted by atomic mass is 16.3. The highest BCUT2D eigenvalue weighted by molar-refractivity contribution is 5.70. The minimum atomic E-state index is 0.305. The Bertz CT molecular complexity index is 1020. The lowest BCUT2D eigenvalue weighted by Crippen LogP contribution is -2.22. The standard InChI is InChI=1S/C27H25NO/c1-21-18-26(29)16-17-27(21)24-12-14-25(15-13-24)28(19-22-8-4-2-5-9-22)20-23-10-6-3-7-11-23/h2-18,29H,19-20H2,1H3. The van der Waals surface area contributed by atoms with Gasteiger partial charge in [0.2, 0.25) is 0 Å². The summed E-state index contributed by atoms with van der Waals surface area (Å²) in [5.74, 6) is 0.305. The summed E-state index contributed by atoms with van der Waals surface area (Å²) < 4.78 is 0. The van der Waals surface area contributed by atoms with Crippen molar-refractivity contribution in [3.05, 3.63) is 120 Å². The summed E-state index contributed by atoms with van der Waals surface area (Å²) in [7, 11) is 0. The van der Waals surface area contributed by atoms with Crippen molar-refractivity contribution in [2.75, 3.05) is 4.90 Å². The molecular weight excluding hydrogens is 354 g/mol. The molecule has 0 spiro atoms. The van der Waals surface area contributed by atoms with E-state index in [1.165, 1.54) is 16.8 Å². The Kier molecular flexibility index (Phi) is 5.62. The third-order valence-corrected chi connectivity index (χ3v) is 5.19. The van der Waals surface area contributed by atoms with Crippen molar-refractivity contribution >= 4 is 5.69 Å². The molecule has 0 aliphatic heterocycles. The van der Waals surface area contributed by atoms with Gasteiger partial charge in [0.05, 0.1) is 0 Å². The maximum absolute atomic E-state index is 9.67. The van der Waals surface area contributed by atoms with Gasteiger partial charge in [0.1, 0.15) is 5.75 Å². The molecule has 4 rings (SSSR count). The molecule has 0 atom stereocenters. The monoisotopic (exact) mass is 379 g/mol. The first kappa shape index (κ1) is 18.8. The largest absolute Gasteiger partial charge is 0.508 e. The number of anilines is 1. The highest BCUT2D eigenvalue weighted by Gasteiger charge is 2.10. The molecule has 0 saturated heterocycles. The predicted molar refractivity (Wildman–Crippen MR) is 121 cm³/mol. The molecule has 4 aromatic rings. The predicted octanol–water partition coefficient (Wildman–Crippen LogP) is 6.57. The molecule has 2 nitrogen and oxygen atoms in total. The molecule has 0 aromatic heterocycles. The molecule has 4 aromatic carbocycles. The van der Waals surface area contributed by atoms with Gasteiger partial charge in [-0.25, -0.2) is 0 Å². The van der Waals surface area contributed by atoms with Crippen LogP contribution in [0.5, 0.6) is 5.75 Å². The van der Waals surface area contributed by atoms with E-state index in [-0.39, 0.29) is 0 Å². The number of rotatable bonds is 6. The summed E-state index contributed by atoms with van der Waals surface area (Å²) in [6.45, 7) is 3.74. The Hall–Kier alpha value is -3.52. The second-order valence-electron chi connectivity index (χ2n) is 7.37. The molecular formula is C27H25NO. The quantitative estimate of drug-likeness (QED) is 0.409. The molecule has 0 bridgehead atoms. The van der Waals surface area contributed by atoms with E-state index in [9.17, 15) is 5.11 Å². The molecule has 0 saturated carbocycles. The second kappa shape index (κ2) is 8.66. The van der Waals surface area contributed by atoms with Crippen molar-refractivity contribution in [1.82, 2.24) is 0 Å². The summed E-state index contributed by atoms with van der Waals surface area (Å²) in [6.07, 6.45) is 0. The normalized spacial score (nSPS) is 10.7. The maximum Gasteiger partial charge on any atom is 0.115 e. The molecule has 0 amide bonds. The molecule has 0 unspecified atom stereocenters. The van der Waals surface area contributed by atoms with E-state index in [4.69, 9.17) is 0 Å². The van der Waals surface area contributed by atoms with Crippen LogP contribution in [-0.2, 0) is 13.1 Å². The number of phenolic OH excluding ortho intramolecular Hbond substituents is 1. The fraction of sp³-hybridized carbons (Fsp3) is 0.111. The smallest absolute Gasteiger partial charge is 0.115 e. The van der Waals surface area contributed by atoms with Crippen LogP contribution in [0.2, 0.25) is 0 Å². The maximum atomic E-state index is 9.67. The molecule has 0 fully saturated rings. The van der Waals surface area contributed by atoms with E-state index >= 15 is 0 Å². The SMILES string of the molecule is Cc1cc(O)ccc1-c1ccc(N(Cc2ccccc2)Cc2ccccc2)cc1. The van der Waals surface area contributed by atoms with E-state index < -0.39 is 0 Å². The highest BCUT2D eigenvalue weighted by Crippen LogP contribution is 2.29. The Balaban J connectivity index is 1.63. The zero-order chi connectivity index (χ0) is 20.1. The average molecular weight is 380 g/mol. The van der Waals surface area contributed by atoms with Crippen molar-refractivity contribution < 1.29 is 5.11 Å². The van der Waals surface area contributed by atoms with E-state index in [0.717, 1.165) is 29.8 Å². The minimum Gasteiger partial charge on any atom is -0.508 e. The van der Waals surface area contributed by atoms with E-state index in [1.807, 2.05) is 13.0 Å². The molecule has 2 heteroatoms. The number of aromatic hydroxyl groups is 1. The van der Waals surface area contributed by atoms with Crippen LogP contribution >= 0.6 is 0 Å². The fourth-order valence-electron chi connectivity index (χ4n) is 3.67. The molecule has 144 valence electrons. The Morgan fingerprint density at radius 2 is 1.21 bits per heavy atom. The van der Waals surface area contributed by atoms with Gasteiger partial charge in [-0.1, -0.05) is 78.9 Å². The summed E-state index contributed by atoms with van der Waals surface area (Å²) in [5, 5.41) is 9.67. The lowest BCUT2D eigenvalue weighted by molar-refractivity contribution is 0.475. The van der Waals surface area contributed by atoms with Gasteiger partial charge in [-0.3, -0.25) is 0 Å². The van der Waals surface area contributed by atoms with Crippen LogP contribution in [0.15, 0.2) is 103 Å². The topological polar surface area (TPSA) is 23.5 Å². The van der Waals surface area contributed by atoms with Gasteiger partial charge >= 0.3 is 0 Å². The molecule has 0 heterocycles. The van der Waals surface area contributed by atoms with Crippen molar-refractivity contribution in [2.45, 2.75) is 20.0 Å². The van der Waals surface area contributed by atoms with Crippen molar-refractivity contribution in [3.63, 3.8) is 0 Å². The lowest BCUT2D eigenvalue weighted by atomic mass is 10.00. The van der Waals surface area contributed by atoms with Gasteiger partial charge in [0.25, 0.3) is 0 Å². The van der Waals surface area contributed by atoms with Crippen LogP contribution < -0.4 is 4.90 Å². The van der Waals surface area contributed by atoms with Crippen molar-refractivity contribution in [1.29, 1.82) is 0 Å². The van der Waals surface area contributed by atoms with Crippen molar-refractivity contribution in [2.24, 2.45) is 0 Å². The van der Waals surface area contributed by atoms with Gasteiger partial charge in [-0.15, -0.1) is 0 Å². The third-order valence-electron chi connectivity index (χ3n) is 5.19. The summed E-state index contributed by atoms with van der Waals surface area (Å²) in [4.78, 5) is 2.40. The lowest BCUT2D eigenvalue weighted by Gasteiger charge is -2.25. The Morgan fingerprint density at radius 3 is 1.72 bits per heavy atom. The zero-order valence-electron chi connectivity index (χ0n) is 16.6. The van der Waals surface area contributed by atoms with E-state index in [2.05, 4.69) is 89.8 Å². The molecule has 1 N–H and O–H groups in total. The first-order valence-corrected chi connectivity index (χ1v) is 9.92. The minimum absolute atomic E-state index is 0.305. The summed E-state index contributed by atoms with van der Waals surface area (Å²) in [6, 6.07) is 35.4. The van der Waals surface area contributed by atoms with Crippen molar-refractivity contribution in [3.8, 4) is 16.9 Å². The fourth-order valence-corrected chi connectivity index (χ4v) is 3.67. The number of hydrogen-bond donors (Lipinski definition) is 1. The average Bonchev–Trinajstić information content (AvgIpc) is 2.75. The molecule has 0 aliphatic carbocycles. The van der Waals surface area contributed by atoms with Crippen LogP contribution in [-0.4, -0.2) is 5.11 Å². The van der Waals surface area contributed by atoms with E-state index in [1.54, 1.807) is 12.1 Å². The third kappa shape index (κ3) is 4.67. The van der Waals surface area contributed by atoms with Crippen LogP contribution in [0.4, 0.5) is 5.69 Å². The van der Waals surface area contributed by atoms with Crippen LogP contribution in [0.3, 0.4) is 0 Å². The van der Waals surface area contributed by atoms with Gasteiger partial charge in [-0.05, 0) is 59.0 Å². The molecule has 0 aliphatic rings. The number of hydrogen-bond acceptors (Lipinski definition) is 2. The zero-order valence-corrected chi connectivity index (χ0v) is 16.6. The first-order chi connectivity index (χ1) is 14.2. The molecule has 29 heavy (non-hydrogen) atoms. The van der Waals surface area contributed by atoms with Crippen LogP contribution in [0.25, 0.3) is 11.1 Å². The number of benzene rings is 4.